The second kappa shape index (κ2) is 5.50. The van der Waals surface area contributed by atoms with Gasteiger partial charge in [-0.1, -0.05) is 13.0 Å². The van der Waals surface area contributed by atoms with Crippen LogP contribution in [0.2, 0.25) is 0 Å². The van der Waals surface area contributed by atoms with E-state index in [1.165, 1.54) is 12.8 Å². The number of hydrogen-bond acceptors (Lipinski definition) is 2. The predicted octanol–water partition coefficient (Wildman–Crippen LogP) is 3.03. The van der Waals surface area contributed by atoms with Gasteiger partial charge in [0.2, 0.25) is 0 Å². The van der Waals surface area contributed by atoms with E-state index in [-0.39, 0.29) is 11.5 Å². The first kappa shape index (κ1) is 12.4. The molecule has 1 saturated carbocycles. The molecule has 0 unspecified atom stereocenters. The lowest BCUT2D eigenvalue weighted by molar-refractivity contribution is 0.255. The molecule has 0 aromatic heterocycles. The molecule has 1 aromatic rings. The van der Waals surface area contributed by atoms with E-state index in [9.17, 15) is 4.39 Å². The van der Waals surface area contributed by atoms with Crippen molar-refractivity contribution < 1.29 is 4.39 Å². The molecule has 1 aliphatic carbocycles. The summed E-state index contributed by atoms with van der Waals surface area (Å²) in [5.74, 6) is 0.575. The Labute approximate surface area is 103 Å². The van der Waals surface area contributed by atoms with Crippen molar-refractivity contribution in [3.63, 3.8) is 0 Å². The molecule has 1 fully saturated rings. The van der Waals surface area contributed by atoms with Gasteiger partial charge in [-0.25, -0.2) is 4.39 Å². The Morgan fingerprint density at radius 2 is 2.18 bits per heavy atom. The maximum absolute atomic E-state index is 13.3. The molecule has 1 aromatic carbocycles. The minimum Gasteiger partial charge on any atom is -0.396 e. The van der Waals surface area contributed by atoms with Crippen LogP contribution in [0.1, 0.15) is 31.7 Å². The molecule has 0 saturated heterocycles. The Balaban J connectivity index is 1.97. The molecule has 0 bridgehead atoms. The molecule has 2 N–H and O–H groups in total. The number of nitrogens with zero attached hydrogens (tertiary/aromatic N) is 1. The monoisotopic (exact) mass is 236 g/mol. The molecule has 0 amide bonds. The summed E-state index contributed by atoms with van der Waals surface area (Å²) in [4.78, 5) is 2.42. The maximum atomic E-state index is 13.3. The number of hydrogen-bond donors (Lipinski definition) is 1. The van der Waals surface area contributed by atoms with Crippen molar-refractivity contribution in [2.24, 2.45) is 5.92 Å². The van der Waals surface area contributed by atoms with Gasteiger partial charge < -0.3 is 5.73 Å². The van der Waals surface area contributed by atoms with Gasteiger partial charge in [0.25, 0.3) is 0 Å². The van der Waals surface area contributed by atoms with Crippen LogP contribution >= 0.6 is 0 Å². The Morgan fingerprint density at radius 3 is 2.76 bits per heavy atom. The van der Waals surface area contributed by atoms with Crippen LogP contribution in [0.25, 0.3) is 0 Å². The zero-order chi connectivity index (χ0) is 12.3. The molecule has 2 rings (SSSR count). The van der Waals surface area contributed by atoms with E-state index >= 15 is 0 Å². The van der Waals surface area contributed by atoms with Crippen LogP contribution in [0.4, 0.5) is 10.1 Å². The number of nitrogen functional groups attached to an aromatic ring is 1. The molecule has 0 spiro atoms. The number of rotatable bonds is 6. The Hall–Kier alpha value is -1.09. The van der Waals surface area contributed by atoms with Crippen LogP contribution in [-0.4, -0.2) is 18.0 Å². The SMILES string of the molecule is CCCN(Cc1ccc(N)c(F)c1)CC1CC1. The van der Waals surface area contributed by atoms with Crippen molar-refractivity contribution in [2.75, 3.05) is 18.8 Å². The van der Waals surface area contributed by atoms with Gasteiger partial charge in [-0.2, -0.15) is 0 Å². The molecule has 0 atom stereocenters. The number of benzene rings is 1. The second-order valence-corrected chi connectivity index (χ2v) is 5.03. The van der Waals surface area contributed by atoms with E-state index in [1.807, 2.05) is 6.07 Å². The molecule has 0 aliphatic heterocycles. The first-order valence-electron chi connectivity index (χ1n) is 6.45. The van der Waals surface area contributed by atoms with Gasteiger partial charge in [-0.15, -0.1) is 0 Å². The lowest BCUT2D eigenvalue weighted by Gasteiger charge is -2.21. The lowest BCUT2D eigenvalue weighted by Crippen LogP contribution is -2.26. The van der Waals surface area contributed by atoms with E-state index in [0.717, 1.165) is 37.5 Å². The highest BCUT2D eigenvalue weighted by Gasteiger charge is 2.23. The van der Waals surface area contributed by atoms with E-state index in [2.05, 4.69) is 11.8 Å². The average Bonchev–Trinajstić information content (AvgIpc) is 3.08. The largest absolute Gasteiger partial charge is 0.396 e. The summed E-state index contributed by atoms with van der Waals surface area (Å²) in [7, 11) is 0. The molecule has 0 heterocycles. The standard InChI is InChI=1S/C14H21FN2/c1-2-7-17(9-11-3-4-11)10-12-5-6-14(16)13(15)8-12/h5-6,8,11H,2-4,7,9-10,16H2,1H3. The Kier molecular flexibility index (Phi) is 4.00. The van der Waals surface area contributed by atoms with Crippen LogP contribution in [0.3, 0.4) is 0 Å². The topological polar surface area (TPSA) is 29.3 Å². The number of nitrogens with two attached hydrogens (primary N) is 1. The van der Waals surface area contributed by atoms with Crippen LogP contribution in [0, 0.1) is 11.7 Å². The van der Waals surface area contributed by atoms with Crippen LogP contribution < -0.4 is 5.73 Å². The minimum absolute atomic E-state index is 0.234. The van der Waals surface area contributed by atoms with Crippen LogP contribution in [0.15, 0.2) is 18.2 Å². The maximum Gasteiger partial charge on any atom is 0.146 e. The van der Waals surface area contributed by atoms with Crippen molar-refractivity contribution in [1.29, 1.82) is 0 Å². The summed E-state index contributed by atoms with van der Waals surface area (Å²) < 4.78 is 13.3. The second-order valence-electron chi connectivity index (χ2n) is 5.03. The quantitative estimate of drug-likeness (QED) is 0.769. The summed E-state index contributed by atoms with van der Waals surface area (Å²) in [6.45, 7) is 5.26. The Bertz CT molecular complexity index is 374. The molecular formula is C14H21FN2. The summed E-state index contributed by atoms with van der Waals surface area (Å²) in [5, 5.41) is 0. The van der Waals surface area contributed by atoms with Gasteiger partial charge >= 0.3 is 0 Å². The third-order valence-corrected chi connectivity index (χ3v) is 3.22. The molecular weight excluding hydrogens is 215 g/mol. The Morgan fingerprint density at radius 1 is 1.41 bits per heavy atom. The summed E-state index contributed by atoms with van der Waals surface area (Å²) in [5.41, 5.74) is 6.73. The third-order valence-electron chi connectivity index (χ3n) is 3.22. The first-order valence-corrected chi connectivity index (χ1v) is 6.45. The highest BCUT2D eigenvalue weighted by molar-refractivity contribution is 5.41. The fraction of sp³-hybridized carbons (Fsp3) is 0.571. The fourth-order valence-electron chi connectivity index (χ4n) is 2.14. The molecule has 1 aliphatic rings. The summed E-state index contributed by atoms with van der Waals surface area (Å²) in [6.07, 6.45) is 3.86. The summed E-state index contributed by atoms with van der Waals surface area (Å²) in [6, 6.07) is 5.14. The van der Waals surface area contributed by atoms with Gasteiger partial charge in [0.15, 0.2) is 0 Å². The van der Waals surface area contributed by atoms with E-state index in [0.29, 0.717) is 0 Å². The van der Waals surface area contributed by atoms with Crippen molar-refractivity contribution in [3.05, 3.63) is 29.6 Å². The van der Waals surface area contributed by atoms with E-state index in [4.69, 9.17) is 5.73 Å². The van der Waals surface area contributed by atoms with E-state index < -0.39 is 0 Å². The molecule has 3 heteroatoms. The minimum atomic E-state index is -0.301. The van der Waals surface area contributed by atoms with Crippen molar-refractivity contribution in [3.8, 4) is 0 Å². The normalized spacial score (nSPS) is 15.5. The smallest absolute Gasteiger partial charge is 0.146 e. The zero-order valence-electron chi connectivity index (χ0n) is 10.5. The van der Waals surface area contributed by atoms with E-state index in [1.54, 1.807) is 12.1 Å². The highest BCUT2D eigenvalue weighted by Crippen LogP contribution is 2.30. The fourth-order valence-corrected chi connectivity index (χ4v) is 2.14. The van der Waals surface area contributed by atoms with Crippen molar-refractivity contribution >= 4 is 5.69 Å². The summed E-state index contributed by atoms with van der Waals surface area (Å²) >= 11 is 0. The average molecular weight is 236 g/mol. The van der Waals surface area contributed by atoms with Gasteiger partial charge in [-0.3, -0.25) is 4.90 Å². The van der Waals surface area contributed by atoms with Crippen molar-refractivity contribution in [2.45, 2.75) is 32.7 Å². The lowest BCUT2D eigenvalue weighted by atomic mass is 10.1. The van der Waals surface area contributed by atoms with Gasteiger partial charge in [0.1, 0.15) is 5.82 Å². The molecule has 2 nitrogen and oxygen atoms in total. The van der Waals surface area contributed by atoms with Gasteiger partial charge in [0.05, 0.1) is 5.69 Å². The number of halogens is 1. The van der Waals surface area contributed by atoms with Gasteiger partial charge in [0, 0.05) is 13.1 Å². The van der Waals surface area contributed by atoms with Crippen molar-refractivity contribution in [1.82, 2.24) is 4.90 Å². The van der Waals surface area contributed by atoms with Crippen LogP contribution in [-0.2, 0) is 6.54 Å². The van der Waals surface area contributed by atoms with Crippen LogP contribution in [0.5, 0.6) is 0 Å². The first-order chi connectivity index (χ1) is 8.19. The molecule has 94 valence electrons. The third kappa shape index (κ3) is 3.70. The highest BCUT2D eigenvalue weighted by atomic mass is 19.1. The molecule has 0 radical (unpaired) electrons. The molecule has 17 heavy (non-hydrogen) atoms. The predicted molar refractivity (Wildman–Crippen MR) is 69.1 cm³/mol. The van der Waals surface area contributed by atoms with Gasteiger partial charge in [-0.05, 0) is 49.4 Å². The number of anilines is 1. The zero-order valence-corrected chi connectivity index (χ0v) is 10.5.